The maximum absolute atomic E-state index is 12.6. The number of benzene rings is 1. The van der Waals surface area contributed by atoms with Gasteiger partial charge in [-0.25, -0.2) is 0 Å². The van der Waals surface area contributed by atoms with Crippen molar-refractivity contribution in [2.45, 2.75) is 25.7 Å². The first-order chi connectivity index (χ1) is 10.4. The van der Waals surface area contributed by atoms with Crippen LogP contribution in [0.5, 0.6) is 5.75 Å². The molecule has 1 aliphatic rings. The summed E-state index contributed by atoms with van der Waals surface area (Å²) in [5, 5.41) is 9.57. The number of anilines is 1. The molecule has 5 nitrogen and oxygen atoms in total. The SMILES string of the molecule is COc1ccc(N(C)C(=O)C2CCCC(C(=O)O)C2)cc1Cl. The van der Waals surface area contributed by atoms with Crippen molar-refractivity contribution >= 4 is 29.2 Å². The summed E-state index contributed by atoms with van der Waals surface area (Å²) in [6.07, 6.45) is 2.56. The number of rotatable bonds is 4. The molecule has 0 heterocycles. The highest BCUT2D eigenvalue weighted by molar-refractivity contribution is 6.32. The summed E-state index contributed by atoms with van der Waals surface area (Å²) in [7, 11) is 3.22. The van der Waals surface area contributed by atoms with Crippen LogP contribution >= 0.6 is 11.6 Å². The van der Waals surface area contributed by atoms with Crippen molar-refractivity contribution in [2.24, 2.45) is 11.8 Å². The summed E-state index contributed by atoms with van der Waals surface area (Å²) in [6.45, 7) is 0. The van der Waals surface area contributed by atoms with Gasteiger partial charge in [0.1, 0.15) is 5.75 Å². The van der Waals surface area contributed by atoms with E-state index in [-0.39, 0.29) is 11.8 Å². The molecule has 0 aliphatic heterocycles. The first-order valence-electron chi connectivity index (χ1n) is 7.28. The lowest BCUT2D eigenvalue weighted by molar-refractivity contribution is -0.143. The Balaban J connectivity index is 2.11. The molecule has 2 unspecified atom stereocenters. The van der Waals surface area contributed by atoms with Gasteiger partial charge in [0.15, 0.2) is 0 Å². The summed E-state index contributed by atoms with van der Waals surface area (Å²) in [5.74, 6) is -0.994. The van der Waals surface area contributed by atoms with E-state index in [1.165, 1.54) is 7.11 Å². The molecule has 2 atom stereocenters. The second-order valence-corrected chi connectivity index (χ2v) is 6.02. The number of carbonyl (C=O) groups excluding carboxylic acids is 1. The molecule has 0 saturated heterocycles. The highest BCUT2D eigenvalue weighted by atomic mass is 35.5. The Morgan fingerprint density at radius 1 is 1.32 bits per heavy atom. The zero-order valence-corrected chi connectivity index (χ0v) is 13.5. The zero-order chi connectivity index (χ0) is 16.3. The van der Waals surface area contributed by atoms with E-state index in [4.69, 9.17) is 21.4 Å². The van der Waals surface area contributed by atoms with Crippen LogP contribution in [0.1, 0.15) is 25.7 Å². The summed E-state index contributed by atoms with van der Waals surface area (Å²) >= 11 is 6.09. The van der Waals surface area contributed by atoms with Crippen LogP contribution < -0.4 is 9.64 Å². The number of carboxylic acid groups (broad SMARTS) is 1. The van der Waals surface area contributed by atoms with Crippen LogP contribution in [0.3, 0.4) is 0 Å². The quantitative estimate of drug-likeness (QED) is 0.923. The third kappa shape index (κ3) is 3.53. The Hall–Kier alpha value is -1.75. The van der Waals surface area contributed by atoms with Gasteiger partial charge in [0.05, 0.1) is 18.1 Å². The highest BCUT2D eigenvalue weighted by Gasteiger charge is 2.32. The molecule has 0 radical (unpaired) electrons. The normalized spacial score (nSPS) is 21.2. The van der Waals surface area contributed by atoms with Gasteiger partial charge in [0.25, 0.3) is 0 Å². The van der Waals surface area contributed by atoms with Crippen LogP contribution in [-0.2, 0) is 9.59 Å². The van der Waals surface area contributed by atoms with Gasteiger partial charge in [-0.2, -0.15) is 0 Å². The fraction of sp³-hybridized carbons (Fsp3) is 0.500. The molecular formula is C16H20ClNO4. The van der Waals surface area contributed by atoms with E-state index in [0.717, 1.165) is 12.8 Å². The van der Waals surface area contributed by atoms with E-state index in [0.29, 0.717) is 29.3 Å². The predicted octanol–water partition coefficient (Wildman–Crippen LogP) is 3.20. The third-order valence-electron chi connectivity index (χ3n) is 4.23. The molecule has 6 heteroatoms. The van der Waals surface area contributed by atoms with E-state index in [1.54, 1.807) is 30.1 Å². The molecule has 0 spiro atoms. The monoisotopic (exact) mass is 325 g/mol. The first kappa shape index (κ1) is 16.6. The highest BCUT2D eigenvalue weighted by Crippen LogP contribution is 2.33. The Morgan fingerprint density at radius 3 is 2.59 bits per heavy atom. The van der Waals surface area contributed by atoms with Crippen molar-refractivity contribution < 1.29 is 19.4 Å². The molecule has 120 valence electrons. The van der Waals surface area contributed by atoms with Gasteiger partial charge < -0.3 is 14.7 Å². The summed E-state index contributed by atoms with van der Waals surface area (Å²) in [5.41, 5.74) is 0.674. The number of amides is 1. The summed E-state index contributed by atoms with van der Waals surface area (Å²) in [4.78, 5) is 25.3. The number of ether oxygens (including phenoxy) is 1. The minimum absolute atomic E-state index is 0.0628. The second-order valence-electron chi connectivity index (χ2n) is 5.61. The topological polar surface area (TPSA) is 66.8 Å². The number of methoxy groups -OCH3 is 1. The Labute approximate surface area is 134 Å². The molecule has 22 heavy (non-hydrogen) atoms. The van der Waals surface area contributed by atoms with Gasteiger partial charge in [0, 0.05) is 18.7 Å². The van der Waals surface area contributed by atoms with Crippen LogP contribution in [0.25, 0.3) is 0 Å². The van der Waals surface area contributed by atoms with E-state index < -0.39 is 11.9 Å². The van der Waals surface area contributed by atoms with Crippen molar-refractivity contribution in [3.63, 3.8) is 0 Å². The van der Waals surface area contributed by atoms with Crippen LogP contribution in [-0.4, -0.2) is 31.1 Å². The minimum Gasteiger partial charge on any atom is -0.495 e. The smallest absolute Gasteiger partial charge is 0.306 e. The van der Waals surface area contributed by atoms with E-state index in [1.807, 2.05) is 0 Å². The Morgan fingerprint density at radius 2 is 2.00 bits per heavy atom. The van der Waals surface area contributed by atoms with Gasteiger partial charge in [0.2, 0.25) is 5.91 Å². The lowest BCUT2D eigenvalue weighted by Crippen LogP contribution is -2.36. The van der Waals surface area contributed by atoms with Gasteiger partial charge in [-0.05, 0) is 37.5 Å². The van der Waals surface area contributed by atoms with Gasteiger partial charge in [-0.1, -0.05) is 18.0 Å². The molecule has 1 aliphatic carbocycles. The molecule has 0 bridgehead atoms. The van der Waals surface area contributed by atoms with Crippen LogP contribution in [0.2, 0.25) is 5.02 Å². The van der Waals surface area contributed by atoms with Crippen LogP contribution in [0.4, 0.5) is 5.69 Å². The number of halogens is 1. The van der Waals surface area contributed by atoms with Gasteiger partial charge >= 0.3 is 5.97 Å². The molecule has 2 rings (SSSR count). The summed E-state index contributed by atoms with van der Waals surface area (Å²) < 4.78 is 5.10. The molecule has 1 aromatic carbocycles. The Kier molecular flexibility index (Phi) is 5.29. The average Bonchev–Trinajstić information content (AvgIpc) is 2.53. The number of carboxylic acids is 1. The van der Waals surface area contributed by atoms with Crippen molar-refractivity contribution in [1.82, 2.24) is 0 Å². The van der Waals surface area contributed by atoms with Crippen molar-refractivity contribution in [3.05, 3.63) is 23.2 Å². The lowest BCUT2D eigenvalue weighted by atomic mass is 9.81. The van der Waals surface area contributed by atoms with Crippen molar-refractivity contribution in [2.75, 3.05) is 19.1 Å². The van der Waals surface area contributed by atoms with E-state index in [9.17, 15) is 9.59 Å². The number of aliphatic carboxylic acids is 1. The maximum Gasteiger partial charge on any atom is 0.306 e. The zero-order valence-electron chi connectivity index (χ0n) is 12.7. The number of hydrogen-bond acceptors (Lipinski definition) is 3. The molecule has 1 amide bonds. The van der Waals surface area contributed by atoms with Crippen LogP contribution in [0.15, 0.2) is 18.2 Å². The maximum atomic E-state index is 12.6. The average molecular weight is 326 g/mol. The fourth-order valence-electron chi connectivity index (χ4n) is 2.90. The fourth-order valence-corrected chi connectivity index (χ4v) is 3.16. The lowest BCUT2D eigenvalue weighted by Gasteiger charge is -2.29. The number of hydrogen-bond donors (Lipinski definition) is 1. The molecule has 1 fully saturated rings. The van der Waals surface area contributed by atoms with Crippen molar-refractivity contribution in [1.29, 1.82) is 0 Å². The second kappa shape index (κ2) is 7.01. The van der Waals surface area contributed by atoms with Crippen LogP contribution in [0, 0.1) is 11.8 Å². The van der Waals surface area contributed by atoms with E-state index >= 15 is 0 Å². The van der Waals surface area contributed by atoms with Crippen molar-refractivity contribution in [3.8, 4) is 5.75 Å². The molecule has 1 N–H and O–H groups in total. The molecular weight excluding hydrogens is 306 g/mol. The number of nitrogens with zero attached hydrogens (tertiary/aromatic N) is 1. The molecule has 1 saturated carbocycles. The standard InChI is InChI=1S/C16H20ClNO4/c1-18(12-6-7-14(22-2)13(17)9-12)15(19)10-4-3-5-11(8-10)16(20)21/h6-7,9-11H,3-5,8H2,1-2H3,(H,20,21). The largest absolute Gasteiger partial charge is 0.495 e. The van der Waals surface area contributed by atoms with Gasteiger partial charge in [-0.3, -0.25) is 9.59 Å². The molecule has 0 aromatic heterocycles. The third-order valence-corrected chi connectivity index (χ3v) is 4.52. The molecule has 1 aromatic rings. The summed E-state index contributed by atoms with van der Waals surface area (Å²) in [6, 6.07) is 5.15. The minimum atomic E-state index is -0.812. The first-order valence-corrected chi connectivity index (χ1v) is 7.65. The van der Waals surface area contributed by atoms with E-state index in [2.05, 4.69) is 0 Å². The predicted molar refractivity (Wildman–Crippen MR) is 84.5 cm³/mol. The van der Waals surface area contributed by atoms with Gasteiger partial charge in [-0.15, -0.1) is 0 Å². The number of carbonyl (C=O) groups is 2. The Bertz CT molecular complexity index is 575.